The smallest absolute Gasteiger partial charge is 0.336 e. The Morgan fingerprint density at radius 2 is 1.72 bits per heavy atom. The van der Waals surface area contributed by atoms with E-state index in [9.17, 15) is 14.7 Å². The average molecular weight is 453 g/mol. The molecule has 1 aliphatic rings. The van der Waals surface area contributed by atoms with E-state index in [1.807, 2.05) is 24.3 Å². The van der Waals surface area contributed by atoms with Gasteiger partial charge in [-0.15, -0.1) is 0 Å². The third-order valence-electron chi connectivity index (χ3n) is 5.61. The molecule has 1 amide bonds. The van der Waals surface area contributed by atoms with E-state index in [1.165, 1.54) is 0 Å². The molecule has 0 bridgehead atoms. The number of anilines is 3. The summed E-state index contributed by atoms with van der Waals surface area (Å²) in [7, 11) is 0. The Balaban J connectivity index is 1.59. The second-order valence-corrected chi connectivity index (χ2v) is 8.54. The van der Waals surface area contributed by atoms with Crippen LogP contribution in [0.25, 0.3) is 10.9 Å². The standard InChI is InChI=1S/C24H25ClN4O3/c1-15(2)23(30)26-16-7-8-20-17(13-16)18(24(31)32)14-22(27-20)29-11-9-28(10-12-29)21-6-4-3-5-19(21)25/h3-8,13-15H,9-12H2,1-2H3,(H,26,30)(H,31,32). The highest BCUT2D eigenvalue weighted by molar-refractivity contribution is 6.33. The lowest BCUT2D eigenvalue weighted by Gasteiger charge is -2.37. The van der Waals surface area contributed by atoms with Crippen molar-refractivity contribution in [2.24, 2.45) is 5.92 Å². The van der Waals surface area contributed by atoms with E-state index in [-0.39, 0.29) is 17.4 Å². The molecule has 2 aromatic carbocycles. The highest BCUT2D eigenvalue weighted by Gasteiger charge is 2.22. The highest BCUT2D eigenvalue weighted by Crippen LogP contribution is 2.29. The number of fused-ring (bicyclic) bond motifs is 1. The van der Waals surface area contributed by atoms with E-state index < -0.39 is 5.97 Å². The molecule has 32 heavy (non-hydrogen) atoms. The van der Waals surface area contributed by atoms with Crippen LogP contribution in [0.2, 0.25) is 5.02 Å². The van der Waals surface area contributed by atoms with Gasteiger partial charge in [-0.2, -0.15) is 0 Å². The van der Waals surface area contributed by atoms with E-state index in [0.29, 0.717) is 35.5 Å². The number of amides is 1. The van der Waals surface area contributed by atoms with Gasteiger partial charge in [-0.05, 0) is 36.4 Å². The number of benzene rings is 2. The zero-order valence-corrected chi connectivity index (χ0v) is 18.8. The summed E-state index contributed by atoms with van der Waals surface area (Å²) < 4.78 is 0. The van der Waals surface area contributed by atoms with Gasteiger partial charge < -0.3 is 20.2 Å². The molecule has 0 unspecified atom stereocenters. The maximum Gasteiger partial charge on any atom is 0.336 e. The molecular weight excluding hydrogens is 428 g/mol. The predicted molar refractivity (Wildman–Crippen MR) is 128 cm³/mol. The van der Waals surface area contributed by atoms with E-state index in [2.05, 4.69) is 15.1 Å². The van der Waals surface area contributed by atoms with Crippen LogP contribution in [0.4, 0.5) is 17.2 Å². The Labute approximate surface area is 191 Å². The van der Waals surface area contributed by atoms with Crippen LogP contribution in [0.15, 0.2) is 48.5 Å². The van der Waals surface area contributed by atoms with Crippen molar-refractivity contribution < 1.29 is 14.7 Å². The SMILES string of the molecule is CC(C)C(=O)Nc1ccc2nc(N3CCN(c4ccccc4Cl)CC3)cc(C(=O)O)c2c1. The molecule has 0 spiro atoms. The zero-order chi connectivity index (χ0) is 22.8. The zero-order valence-electron chi connectivity index (χ0n) is 18.0. The van der Waals surface area contributed by atoms with Crippen LogP contribution in [-0.4, -0.2) is 48.1 Å². The predicted octanol–water partition coefficient (Wildman–Crippen LogP) is 4.51. The van der Waals surface area contributed by atoms with Gasteiger partial charge in [0.1, 0.15) is 5.82 Å². The molecule has 4 rings (SSSR count). The third kappa shape index (κ3) is 4.48. The summed E-state index contributed by atoms with van der Waals surface area (Å²) >= 11 is 6.33. The molecule has 1 aromatic heterocycles. The van der Waals surface area contributed by atoms with Gasteiger partial charge in [-0.25, -0.2) is 9.78 Å². The number of hydrogen-bond donors (Lipinski definition) is 2. The minimum atomic E-state index is -1.03. The van der Waals surface area contributed by atoms with Gasteiger partial charge in [-0.3, -0.25) is 4.79 Å². The maximum atomic E-state index is 12.0. The number of piperazine rings is 1. The van der Waals surface area contributed by atoms with Crippen LogP contribution in [0.1, 0.15) is 24.2 Å². The normalized spacial score (nSPS) is 14.1. The Morgan fingerprint density at radius 1 is 1.03 bits per heavy atom. The second-order valence-electron chi connectivity index (χ2n) is 8.13. The molecule has 0 saturated carbocycles. The van der Waals surface area contributed by atoms with Gasteiger partial charge >= 0.3 is 5.97 Å². The van der Waals surface area contributed by atoms with Crippen LogP contribution in [-0.2, 0) is 4.79 Å². The minimum Gasteiger partial charge on any atom is -0.478 e. The second kappa shape index (κ2) is 9.04. The van der Waals surface area contributed by atoms with Crippen molar-refractivity contribution in [1.82, 2.24) is 4.98 Å². The van der Waals surface area contributed by atoms with Crippen molar-refractivity contribution in [2.75, 3.05) is 41.3 Å². The van der Waals surface area contributed by atoms with Crippen LogP contribution < -0.4 is 15.1 Å². The van der Waals surface area contributed by atoms with E-state index in [4.69, 9.17) is 16.6 Å². The lowest BCUT2D eigenvalue weighted by Crippen LogP contribution is -2.47. The first-order valence-electron chi connectivity index (χ1n) is 10.6. The van der Waals surface area contributed by atoms with E-state index in [0.717, 1.165) is 23.8 Å². The Bertz CT molecular complexity index is 1170. The minimum absolute atomic E-state index is 0.123. The summed E-state index contributed by atoms with van der Waals surface area (Å²) in [5.41, 5.74) is 2.30. The molecule has 0 aliphatic carbocycles. The van der Waals surface area contributed by atoms with Gasteiger partial charge in [-0.1, -0.05) is 37.6 Å². The number of carbonyl (C=O) groups is 2. The Hall–Kier alpha value is -3.32. The van der Waals surface area contributed by atoms with Crippen LogP contribution in [0, 0.1) is 5.92 Å². The van der Waals surface area contributed by atoms with Crippen LogP contribution >= 0.6 is 11.6 Å². The molecule has 166 valence electrons. The molecule has 1 aliphatic heterocycles. The molecule has 2 N–H and O–H groups in total. The molecule has 2 heterocycles. The van der Waals surface area contributed by atoms with Crippen molar-refractivity contribution in [3.05, 3.63) is 59.1 Å². The van der Waals surface area contributed by atoms with Crippen LogP contribution in [0.5, 0.6) is 0 Å². The summed E-state index contributed by atoms with van der Waals surface area (Å²) in [6.45, 7) is 6.52. The van der Waals surface area contributed by atoms with Gasteiger partial charge in [0.05, 0.1) is 21.8 Å². The number of hydrogen-bond acceptors (Lipinski definition) is 5. The number of carboxylic acids is 1. The number of rotatable bonds is 5. The monoisotopic (exact) mass is 452 g/mol. The molecule has 7 nitrogen and oxygen atoms in total. The molecule has 0 radical (unpaired) electrons. The first-order chi connectivity index (χ1) is 15.3. The molecule has 1 fully saturated rings. The van der Waals surface area contributed by atoms with Gasteiger partial charge in [0.25, 0.3) is 0 Å². The molecule has 0 atom stereocenters. The number of nitrogens with one attached hydrogen (secondary N) is 1. The number of para-hydroxylation sites is 1. The molecule has 3 aromatic rings. The number of aromatic nitrogens is 1. The third-order valence-corrected chi connectivity index (χ3v) is 5.93. The first kappa shape index (κ1) is 21.9. The van der Waals surface area contributed by atoms with Gasteiger partial charge in [0, 0.05) is 43.2 Å². The first-order valence-corrected chi connectivity index (χ1v) is 10.9. The number of pyridine rings is 1. The topological polar surface area (TPSA) is 85.8 Å². The summed E-state index contributed by atoms with van der Waals surface area (Å²) in [5, 5.41) is 13.9. The lowest BCUT2D eigenvalue weighted by atomic mass is 10.1. The van der Waals surface area contributed by atoms with E-state index >= 15 is 0 Å². The fourth-order valence-corrected chi connectivity index (χ4v) is 4.05. The number of halogens is 1. The molecule has 8 heteroatoms. The number of carbonyl (C=O) groups excluding carboxylic acids is 1. The van der Waals surface area contributed by atoms with Crippen molar-refractivity contribution in [1.29, 1.82) is 0 Å². The van der Waals surface area contributed by atoms with Crippen molar-refractivity contribution in [3.63, 3.8) is 0 Å². The van der Waals surface area contributed by atoms with Crippen molar-refractivity contribution in [2.45, 2.75) is 13.8 Å². The Kier molecular flexibility index (Phi) is 6.19. The number of aromatic carboxylic acids is 1. The Morgan fingerprint density at radius 3 is 2.38 bits per heavy atom. The van der Waals surface area contributed by atoms with E-state index in [1.54, 1.807) is 38.1 Å². The maximum absolute atomic E-state index is 12.0. The van der Waals surface area contributed by atoms with Crippen molar-refractivity contribution >= 4 is 51.6 Å². The fourth-order valence-electron chi connectivity index (χ4n) is 3.80. The number of carboxylic acid groups (broad SMARTS) is 1. The molecular formula is C24H25ClN4O3. The quantitative estimate of drug-likeness (QED) is 0.592. The van der Waals surface area contributed by atoms with Gasteiger partial charge in [0.2, 0.25) is 5.91 Å². The lowest BCUT2D eigenvalue weighted by molar-refractivity contribution is -0.118. The molecule has 1 saturated heterocycles. The highest BCUT2D eigenvalue weighted by atomic mass is 35.5. The number of nitrogens with zero attached hydrogens (tertiary/aromatic N) is 3. The summed E-state index contributed by atoms with van der Waals surface area (Å²) in [6.07, 6.45) is 0. The fraction of sp³-hybridized carbons (Fsp3) is 0.292. The largest absolute Gasteiger partial charge is 0.478 e. The average Bonchev–Trinajstić information content (AvgIpc) is 2.78. The summed E-state index contributed by atoms with van der Waals surface area (Å²) in [6, 6.07) is 14.6. The summed E-state index contributed by atoms with van der Waals surface area (Å²) in [4.78, 5) is 33.1. The van der Waals surface area contributed by atoms with Crippen LogP contribution in [0.3, 0.4) is 0 Å². The summed E-state index contributed by atoms with van der Waals surface area (Å²) in [5.74, 6) is -0.690. The van der Waals surface area contributed by atoms with Gasteiger partial charge in [0.15, 0.2) is 0 Å². The van der Waals surface area contributed by atoms with Crippen molar-refractivity contribution in [3.8, 4) is 0 Å².